The number of unbranched alkanes of at least 4 members (excludes halogenated alkanes) is 5. The highest BCUT2D eigenvalue weighted by atomic mass is 32.2. The summed E-state index contributed by atoms with van der Waals surface area (Å²) in [6.45, 7) is 3.94. The number of thioether (sulfide) groups is 1. The zero-order valence-electron chi connectivity index (χ0n) is 14.8. The lowest BCUT2D eigenvalue weighted by Crippen LogP contribution is -2.46. The maximum Gasteiger partial charge on any atom is 0.224 e. The molecule has 1 N–H and O–H groups in total. The average molecular weight is 347 g/mol. The monoisotopic (exact) mass is 346 g/mol. The van der Waals surface area contributed by atoms with Gasteiger partial charge in [-0.2, -0.15) is 0 Å². The number of carbonyl (C=O) groups excluding carboxylic acids is 1. The molecule has 3 unspecified atom stereocenters. The zero-order chi connectivity index (χ0) is 16.8. The van der Waals surface area contributed by atoms with E-state index in [1.54, 1.807) is 0 Å². The number of hydrogen-bond acceptors (Lipinski definition) is 3. The summed E-state index contributed by atoms with van der Waals surface area (Å²) in [5.41, 5.74) is 1.18. The molecule has 3 nitrogen and oxygen atoms in total. The van der Waals surface area contributed by atoms with Crippen LogP contribution < -0.4 is 5.32 Å². The Morgan fingerprint density at radius 3 is 3.00 bits per heavy atom. The fraction of sp³-hybridized carbons (Fsp3) is 0.700. The van der Waals surface area contributed by atoms with Gasteiger partial charge in [0.2, 0.25) is 5.91 Å². The number of hydrogen-bond donors (Lipinski definition) is 1. The van der Waals surface area contributed by atoms with Crippen molar-refractivity contribution >= 4 is 23.4 Å². The summed E-state index contributed by atoms with van der Waals surface area (Å²) < 4.78 is -0.0326. The van der Waals surface area contributed by atoms with E-state index in [1.165, 1.54) is 37.8 Å². The first-order chi connectivity index (χ1) is 11.8. The summed E-state index contributed by atoms with van der Waals surface area (Å²) >= 11 is 1.92. The van der Waals surface area contributed by atoms with Crippen LogP contribution in [0.15, 0.2) is 29.3 Å². The van der Waals surface area contributed by atoms with Crippen molar-refractivity contribution in [3.05, 3.63) is 24.3 Å². The van der Waals surface area contributed by atoms with Gasteiger partial charge in [0.05, 0.1) is 16.4 Å². The van der Waals surface area contributed by atoms with E-state index in [0.29, 0.717) is 5.92 Å². The van der Waals surface area contributed by atoms with E-state index in [1.807, 2.05) is 11.8 Å². The molecule has 1 aliphatic carbocycles. The Kier molecular flexibility index (Phi) is 6.20. The Morgan fingerprint density at radius 2 is 2.12 bits per heavy atom. The largest absolute Gasteiger partial charge is 0.356 e. The number of carbonyl (C=O) groups is 1. The van der Waals surface area contributed by atoms with Crippen LogP contribution in [0.4, 0.5) is 0 Å². The summed E-state index contributed by atoms with van der Waals surface area (Å²) in [6, 6.07) is 0. The smallest absolute Gasteiger partial charge is 0.224 e. The van der Waals surface area contributed by atoms with Crippen molar-refractivity contribution in [2.45, 2.75) is 56.6 Å². The van der Waals surface area contributed by atoms with Crippen molar-refractivity contribution in [3.8, 4) is 0 Å². The summed E-state index contributed by atoms with van der Waals surface area (Å²) in [5.74, 6) is 1.73. The average Bonchev–Trinajstić information content (AvgIpc) is 2.98. The lowest BCUT2D eigenvalue weighted by Gasteiger charge is -2.38. The molecule has 0 aromatic rings. The Balaban J connectivity index is 1.48. The minimum Gasteiger partial charge on any atom is -0.356 e. The van der Waals surface area contributed by atoms with E-state index in [-0.39, 0.29) is 16.6 Å². The molecule has 1 amide bonds. The molecule has 132 valence electrons. The second kappa shape index (κ2) is 8.37. The first-order valence-corrected chi connectivity index (χ1v) is 10.6. The minimum absolute atomic E-state index is 0.0326. The van der Waals surface area contributed by atoms with Crippen molar-refractivity contribution in [2.24, 2.45) is 16.8 Å². The SMILES string of the molecule is CCCCCCCCNC(=O)C1CSC23C=CC=CC2=NCCC13. The molecule has 2 heterocycles. The van der Waals surface area contributed by atoms with Gasteiger partial charge >= 0.3 is 0 Å². The van der Waals surface area contributed by atoms with Gasteiger partial charge in [0.15, 0.2) is 0 Å². The minimum atomic E-state index is -0.0326. The number of aliphatic imine (C=N–C) groups is 1. The zero-order valence-corrected chi connectivity index (χ0v) is 15.6. The van der Waals surface area contributed by atoms with Crippen LogP contribution in [0, 0.1) is 11.8 Å². The maximum atomic E-state index is 12.7. The number of nitrogens with one attached hydrogen (secondary N) is 1. The topological polar surface area (TPSA) is 41.5 Å². The van der Waals surface area contributed by atoms with E-state index >= 15 is 0 Å². The van der Waals surface area contributed by atoms with Crippen LogP contribution in [0.3, 0.4) is 0 Å². The number of amides is 1. The molecule has 0 bridgehead atoms. The highest BCUT2D eigenvalue weighted by Gasteiger charge is 2.53. The van der Waals surface area contributed by atoms with Crippen LogP contribution >= 0.6 is 11.8 Å². The molecule has 3 rings (SSSR count). The van der Waals surface area contributed by atoms with Gasteiger partial charge in [0.25, 0.3) is 0 Å². The van der Waals surface area contributed by atoms with Gasteiger partial charge in [-0.25, -0.2) is 0 Å². The van der Waals surface area contributed by atoms with Crippen molar-refractivity contribution < 1.29 is 4.79 Å². The number of rotatable bonds is 8. The lowest BCUT2D eigenvalue weighted by molar-refractivity contribution is -0.125. The molecule has 0 aromatic heterocycles. The molecule has 1 fully saturated rings. The molecule has 24 heavy (non-hydrogen) atoms. The molecule has 4 heteroatoms. The van der Waals surface area contributed by atoms with Crippen LogP contribution in [0.2, 0.25) is 0 Å². The quantitative estimate of drug-likeness (QED) is 0.671. The van der Waals surface area contributed by atoms with Gasteiger partial charge in [0, 0.05) is 18.8 Å². The van der Waals surface area contributed by atoms with E-state index in [2.05, 4.69) is 36.5 Å². The molecule has 1 spiro atoms. The number of allylic oxidation sites excluding steroid dienone is 3. The normalized spacial score (nSPS) is 30.6. The molecule has 3 atom stereocenters. The second-order valence-corrected chi connectivity index (χ2v) is 8.45. The lowest BCUT2D eigenvalue weighted by atomic mass is 9.74. The summed E-state index contributed by atoms with van der Waals surface area (Å²) in [7, 11) is 0. The van der Waals surface area contributed by atoms with E-state index in [0.717, 1.165) is 31.7 Å². The van der Waals surface area contributed by atoms with E-state index in [4.69, 9.17) is 4.99 Å². The molecule has 3 aliphatic rings. The van der Waals surface area contributed by atoms with Crippen LogP contribution in [-0.2, 0) is 4.79 Å². The maximum absolute atomic E-state index is 12.7. The third-order valence-electron chi connectivity index (χ3n) is 5.54. The van der Waals surface area contributed by atoms with Crippen LogP contribution in [0.1, 0.15) is 51.9 Å². The Morgan fingerprint density at radius 1 is 1.29 bits per heavy atom. The highest BCUT2D eigenvalue weighted by molar-refractivity contribution is 8.02. The van der Waals surface area contributed by atoms with Crippen LogP contribution in [-0.4, -0.2) is 35.2 Å². The predicted molar refractivity (Wildman–Crippen MR) is 104 cm³/mol. The van der Waals surface area contributed by atoms with Gasteiger partial charge in [-0.05, 0) is 24.8 Å². The van der Waals surface area contributed by atoms with Gasteiger partial charge < -0.3 is 5.32 Å². The van der Waals surface area contributed by atoms with Gasteiger partial charge in [-0.3, -0.25) is 9.79 Å². The van der Waals surface area contributed by atoms with E-state index < -0.39 is 0 Å². The van der Waals surface area contributed by atoms with Crippen LogP contribution in [0.5, 0.6) is 0 Å². The summed E-state index contributed by atoms with van der Waals surface area (Å²) in [4.78, 5) is 17.4. The molecule has 0 radical (unpaired) electrons. The molecular weight excluding hydrogens is 316 g/mol. The van der Waals surface area contributed by atoms with Crippen molar-refractivity contribution in [1.82, 2.24) is 5.32 Å². The molecule has 0 aromatic carbocycles. The molecular formula is C20H30N2OS. The van der Waals surface area contributed by atoms with Crippen molar-refractivity contribution in [1.29, 1.82) is 0 Å². The fourth-order valence-electron chi connectivity index (χ4n) is 4.17. The van der Waals surface area contributed by atoms with Gasteiger partial charge in [-0.15, -0.1) is 11.8 Å². The Labute approximate surface area is 150 Å². The standard InChI is InChI=1S/C20H30N2OS/c1-2-3-4-5-6-9-13-22-19(23)16-15-24-20-12-8-7-10-18(20)21-14-11-17(16)20/h7-8,10,12,16-17H,2-6,9,11,13-15H2,1H3,(H,22,23). The van der Waals surface area contributed by atoms with Gasteiger partial charge in [0.1, 0.15) is 0 Å². The van der Waals surface area contributed by atoms with Crippen molar-refractivity contribution in [2.75, 3.05) is 18.8 Å². The Bertz CT molecular complexity index is 540. The fourth-order valence-corrected chi connectivity index (χ4v) is 5.96. The van der Waals surface area contributed by atoms with Crippen LogP contribution in [0.25, 0.3) is 0 Å². The molecule has 1 saturated heterocycles. The third kappa shape index (κ3) is 3.63. The molecule has 0 saturated carbocycles. The first kappa shape index (κ1) is 17.8. The van der Waals surface area contributed by atoms with Gasteiger partial charge in [-0.1, -0.05) is 57.3 Å². The molecule has 2 aliphatic heterocycles. The second-order valence-electron chi connectivity index (χ2n) is 7.15. The number of nitrogens with zero attached hydrogens (tertiary/aromatic N) is 1. The van der Waals surface area contributed by atoms with E-state index in [9.17, 15) is 4.79 Å². The van der Waals surface area contributed by atoms with Crippen molar-refractivity contribution in [3.63, 3.8) is 0 Å². The first-order valence-electron chi connectivity index (χ1n) is 9.60. The predicted octanol–water partition coefficient (Wildman–Crippen LogP) is 4.15. The Hall–Kier alpha value is -1.03. The summed E-state index contributed by atoms with van der Waals surface area (Å²) in [6.07, 6.45) is 17.2. The third-order valence-corrected chi connectivity index (χ3v) is 7.19. The summed E-state index contributed by atoms with van der Waals surface area (Å²) in [5, 5.41) is 3.21. The highest BCUT2D eigenvalue weighted by Crippen LogP contribution is 2.52.